The van der Waals surface area contributed by atoms with Crippen LogP contribution in [0.25, 0.3) is 6.08 Å². The number of hydrogen-bond acceptors (Lipinski definition) is 4. The predicted octanol–water partition coefficient (Wildman–Crippen LogP) is 5.60. The van der Waals surface area contributed by atoms with E-state index in [0.29, 0.717) is 11.4 Å². The van der Waals surface area contributed by atoms with Gasteiger partial charge in [-0.2, -0.15) is 0 Å². The molecule has 2 amide bonds. The number of methoxy groups -OCH3 is 1. The number of amides is 2. The first-order chi connectivity index (χ1) is 16.4. The summed E-state index contributed by atoms with van der Waals surface area (Å²) in [5, 5.41) is 2.95. The Morgan fingerprint density at radius 1 is 1.12 bits per heavy atom. The van der Waals surface area contributed by atoms with Gasteiger partial charge < -0.3 is 10.1 Å². The Bertz CT molecular complexity index is 1240. The molecule has 34 heavy (non-hydrogen) atoms. The van der Waals surface area contributed by atoms with Crippen molar-refractivity contribution in [2.75, 3.05) is 25.1 Å². The molecule has 0 spiro atoms. The molecule has 0 saturated heterocycles. The number of aryl methyl sites for hydroxylation is 1. The SMILES string of the molecule is COc1ccc(/C=C2/Sc3ccccc3N(CC(=O)NCCc3ccc(C)cc3)C2=O)cc1Br. The van der Waals surface area contributed by atoms with E-state index in [0.717, 1.165) is 38.4 Å². The third-order valence-electron chi connectivity index (χ3n) is 5.46. The smallest absolute Gasteiger partial charge is 0.265 e. The number of fused-ring (bicyclic) bond motifs is 1. The van der Waals surface area contributed by atoms with Crippen molar-refractivity contribution in [3.05, 3.63) is 92.8 Å². The van der Waals surface area contributed by atoms with Crippen LogP contribution < -0.4 is 15.0 Å². The number of anilines is 1. The minimum absolute atomic E-state index is 0.0338. The van der Waals surface area contributed by atoms with Gasteiger partial charge in [0.1, 0.15) is 12.3 Å². The molecule has 1 aliphatic heterocycles. The lowest BCUT2D eigenvalue weighted by atomic mass is 10.1. The summed E-state index contributed by atoms with van der Waals surface area (Å²) < 4.78 is 6.10. The van der Waals surface area contributed by atoms with Gasteiger partial charge in [0.15, 0.2) is 0 Å². The zero-order chi connectivity index (χ0) is 24.1. The van der Waals surface area contributed by atoms with Crippen molar-refractivity contribution in [1.29, 1.82) is 0 Å². The predicted molar refractivity (Wildman–Crippen MR) is 141 cm³/mol. The summed E-state index contributed by atoms with van der Waals surface area (Å²) in [6, 6.07) is 21.6. The number of thioether (sulfide) groups is 1. The van der Waals surface area contributed by atoms with Gasteiger partial charge in [0.05, 0.1) is 22.2 Å². The molecule has 0 aliphatic carbocycles. The van der Waals surface area contributed by atoms with Gasteiger partial charge in [-0.3, -0.25) is 14.5 Å². The Morgan fingerprint density at radius 3 is 2.62 bits per heavy atom. The third-order valence-corrected chi connectivity index (χ3v) is 7.16. The molecule has 1 aliphatic rings. The van der Waals surface area contributed by atoms with Crippen molar-refractivity contribution in [2.24, 2.45) is 0 Å². The van der Waals surface area contributed by atoms with Gasteiger partial charge in [0.2, 0.25) is 5.91 Å². The van der Waals surface area contributed by atoms with Crippen molar-refractivity contribution in [2.45, 2.75) is 18.2 Å². The molecule has 5 nitrogen and oxygen atoms in total. The highest BCUT2D eigenvalue weighted by molar-refractivity contribution is 9.10. The van der Waals surface area contributed by atoms with E-state index >= 15 is 0 Å². The minimum atomic E-state index is -0.190. The largest absolute Gasteiger partial charge is 0.496 e. The third kappa shape index (κ3) is 5.72. The average Bonchev–Trinajstić information content (AvgIpc) is 2.83. The lowest BCUT2D eigenvalue weighted by molar-refractivity contribution is -0.122. The zero-order valence-electron chi connectivity index (χ0n) is 19.0. The van der Waals surface area contributed by atoms with Gasteiger partial charge in [-0.1, -0.05) is 59.8 Å². The van der Waals surface area contributed by atoms with Crippen molar-refractivity contribution >= 4 is 51.3 Å². The number of para-hydroxylation sites is 1. The van der Waals surface area contributed by atoms with E-state index in [9.17, 15) is 9.59 Å². The summed E-state index contributed by atoms with van der Waals surface area (Å²) in [5.41, 5.74) is 3.99. The molecule has 0 aromatic heterocycles. The van der Waals surface area contributed by atoms with Crippen molar-refractivity contribution in [1.82, 2.24) is 5.32 Å². The van der Waals surface area contributed by atoms with Crippen LogP contribution in [-0.4, -0.2) is 32.0 Å². The summed E-state index contributed by atoms with van der Waals surface area (Å²) in [6.07, 6.45) is 2.58. The second-order valence-corrected chi connectivity index (χ2v) is 9.89. The van der Waals surface area contributed by atoms with Crippen LogP contribution in [-0.2, 0) is 16.0 Å². The van der Waals surface area contributed by atoms with E-state index < -0.39 is 0 Å². The second-order valence-electron chi connectivity index (χ2n) is 7.95. The maximum Gasteiger partial charge on any atom is 0.265 e. The molecule has 0 saturated carbocycles. The molecule has 0 fully saturated rings. The Morgan fingerprint density at radius 2 is 1.88 bits per heavy atom. The van der Waals surface area contributed by atoms with E-state index in [1.54, 1.807) is 12.0 Å². The number of carbonyl (C=O) groups excluding carboxylic acids is 2. The second kappa shape index (κ2) is 10.9. The topological polar surface area (TPSA) is 58.6 Å². The lowest BCUT2D eigenvalue weighted by Crippen LogP contribution is -2.43. The molecular formula is C27H25BrN2O3S. The summed E-state index contributed by atoms with van der Waals surface area (Å²) in [6.45, 7) is 2.53. The molecule has 0 bridgehead atoms. The Kier molecular flexibility index (Phi) is 7.75. The van der Waals surface area contributed by atoms with E-state index in [-0.39, 0.29) is 18.4 Å². The molecule has 3 aromatic rings. The Hall–Kier alpha value is -3.03. The first-order valence-electron chi connectivity index (χ1n) is 10.9. The van der Waals surface area contributed by atoms with Crippen LogP contribution in [0.2, 0.25) is 0 Å². The van der Waals surface area contributed by atoms with E-state index in [1.807, 2.05) is 55.5 Å². The van der Waals surface area contributed by atoms with E-state index in [4.69, 9.17) is 4.74 Å². The molecule has 174 valence electrons. The van der Waals surface area contributed by atoms with Crippen LogP contribution in [0.15, 0.2) is 81.0 Å². The molecule has 4 rings (SSSR count). The molecule has 7 heteroatoms. The first kappa shape index (κ1) is 24.1. The van der Waals surface area contributed by atoms with Gasteiger partial charge in [0.25, 0.3) is 5.91 Å². The van der Waals surface area contributed by atoms with Gasteiger partial charge in [-0.25, -0.2) is 0 Å². The molecule has 0 atom stereocenters. The summed E-state index contributed by atoms with van der Waals surface area (Å²) in [4.78, 5) is 29.2. The van der Waals surface area contributed by atoms with Crippen LogP contribution in [0.5, 0.6) is 5.75 Å². The van der Waals surface area contributed by atoms with Crippen LogP contribution in [0.1, 0.15) is 16.7 Å². The van der Waals surface area contributed by atoms with Crippen molar-refractivity contribution in [3.8, 4) is 5.75 Å². The Labute approximate surface area is 212 Å². The number of nitrogens with zero attached hydrogens (tertiary/aromatic N) is 1. The minimum Gasteiger partial charge on any atom is -0.496 e. The monoisotopic (exact) mass is 536 g/mol. The quantitative estimate of drug-likeness (QED) is 0.399. The summed E-state index contributed by atoms with van der Waals surface area (Å²) >= 11 is 4.91. The Balaban J connectivity index is 1.49. The van der Waals surface area contributed by atoms with Crippen molar-refractivity contribution in [3.63, 3.8) is 0 Å². The van der Waals surface area contributed by atoms with E-state index in [1.165, 1.54) is 17.3 Å². The molecule has 0 radical (unpaired) electrons. The summed E-state index contributed by atoms with van der Waals surface area (Å²) in [5.74, 6) is 0.345. The van der Waals surface area contributed by atoms with Crippen LogP contribution in [0, 0.1) is 6.92 Å². The van der Waals surface area contributed by atoms with Crippen LogP contribution in [0.3, 0.4) is 0 Å². The zero-order valence-corrected chi connectivity index (χ0v) is 21.4. The number of nitrogens with one attached hydrogen (secondary N) is 1. The highest BCUT2D eigenvalue weighted by Gasteiger charge is 2.30. The maximum atomic E-state index is 13.4. The van der Waals surface area contributed by atoms with Gasteiger partial charge in [-0.05, 0) is 70.7 Å². The number of benzene rings is 3. The molecule has 0 unspecified atom stereocenters. The van der Waals surface area contributed by atoms with Crippen LogP contribution in [0.4, 0.5) is 5.69 Å². The molecule has 3 aromatic carbocycles. The van der Waals surface area contributed by atoms with Crippen LogP contribution >= 0.6 is 27.7 Å². The molecular weight excluding hydrogens is 512 g/mol. The lowest BCUT2D eigenvalue weighted by Gasteiger charge is -2.29. The average molecular weight is 537 g/mol. The first-order valence-corrected chi connectivity index (χ1v) is 12.5. The standard InChI is InChI=1S/C27H25BrN2O3S/c1-18-7-9-19(10-8-18)13-14-29-26(31)17-30-22-5-3-4-6-24(22)34-25(27(30)32)16-20-11-12-23(33-2)21(28)15-20/h3-12,15-16H,13-14,17H2,1-2H3,(H,29,31)/b25-16+. The fourth-order valence-electron chi connectivity index (χ4n) is 3.64. The van der Waals surface area contributed by atoms with Gasteiger partial charge in [0, 0.05) is 11.4 Å². The number of ether oxygens (including phenoxy) is 1. The van der Waals surface area contributed by atoms with E-state index in [2.05, 4.69) is 45.5 Å². The number of rotatable bonds is 7. The maximum absolute atomic E-state index is 13.4. The highest BCUT2D eigenvalue weighted by Crippen LogP contribution is 2.42. The fraction of sp³-hybridized carbons (Fsp3) is 0.185. The number of carbonyl (C=O) groups is 2. The fourth-order valence-corrected chi connectivity index (χ4v) is 5.26. The number of halogens is 1. The number of hydrogen-bond donors (Lipinski definition) is 1. The summed E-state index contributed by atoms with van der Waals surface area (Å²) in [7, 11) is 1.61. The van der Waals surface area contributed by atoms with Crippen molar-refractivity contribution < 1.29 is 14.3 Å². The van der Waals surface area contributed by atoms with Gasteiger partial charge in [-0.15, -0.1) is 0 Å². The van der Waals surface area contributed by atoms with Gasteiger partial charge >= 0.3 is 0 Å². The molecule has 1 N–H and O–H groups in total. The molecule has 1 heterocycles. The highest BCUT2D eigenvalue weighted by atomic mass is 79.9. The normalized spacial score (nSPS) is 14.1.